The van der Waals surface area contributed by atoms with Crippen molar-refractivity contribution in [2.45, 2.75) is 19.9 Å². The largest absolute Gasteiger partial charge is 0.454 e. The van der Waals surface area contributed by atoms with E-state index in [2.05, 4.69) is 38.5 Å². The van der Waals surface area contributed by atoms with E-state index in [1.54, 1.807) is 7.05 Å². The SMILES string of the molecule is CCCNC(=NC)NCc1cc(Br)c2c(c1)OCO2.I. The molecule has 0 atom stereocenters. The van der Waals surface area contributed by atoms with Crippen molar-refractivity contribution in [1.29, 1.82) is 0 Å². The van der Waals surface area contributed by atoms with E-state index in [9.17, 15) is 0 Å². The van der Waals surface area contributed by atoms with Gasteiger partial charge in [-0.25, -0.2) is 0 Å². The molecule has 1 aromatic rings. The third-order valence-electron chi connectivity index (χ3n) is 2.71. The predicted octanol–water partition coefficient (Wildman–Crippen LogP) is 2.87. The molecule has 1 aliphatic heterocycles. The molecule has 0 aromatic heterocycles. The number of benzene rings is 1. The monoisotopic (exact) mass is 455 g/mol. The summed E-state index contributed by atoms with van der Waals surface area (Å²) in [5, 5.41) is 6.49. The minimum atomic E-state index is 0. The van der Waals surface area contributed by atoms with Crippen LogP contribution in [0, 0.1) is 0 Å². The molecule has 2 rings (SSSR count). The van der Waals surface area contributed by atoms with Gasteiger partial charge in [0, 0.05) is 20.1 Å². The van der Waals surface area contributed by atoms with Crippen LogP contribution >= 0.6 is 39.9 Å². The van der Waals surface area contributed by atoms with Gasteiger partial charge in [-0.15, -0.1) is 24.0 Å². The normalized spacial score (nSPS) is 12.8. The number of guanidine groups is 1. The summed E-state index contributed by atoms with van der Waals surface area (Å²) < 4.78 is 11.7. The van der Waals surface area contributed by atoms with E-state index in [-0.39, 0.29) is 30.8 Å². The van der Waals surface area contributed by atoms with Gasteiger partial charge in [0.05, 0.1) is 4.47 Å². The Balaban J connectivity index is 0.00000200. The summed E-state index contributed by atoms with van der Waals surface area (Å²) in [7, 11) is 1.76. The van der Waals surface area contributed by atoms with Crippen LogP contribution in [0.1, 0.15) is 18.9 Å². The van der Waals surface area contributed by atoms with Crippen molar-refractivity contribution in [2.24, 2.45) is 4.99 Å². The summed E-state index contributed by atoms with van der Waals surface area (Å²) in [6.45, 7) is 3.99. The second-order valence-corrected chi connectivity index (χ2v) is 5.02. The van der Waals surface area contributed by atoms with E-state index >= 15 is 0 Å². The Morgan fingerprint density at radius 3 is 2.85 bits per heavy atom. The van der Waals surface area contributed by atoms with Gasteiger partial charge in [0.15, 0.2) is 17.5 Å². The van der Waals surface area contributed by atoms with E-state index < -0.39 is 0 Å². The van der Waals surface area contributed by atoms with Crippen LogP contribution in [-0.4, -0.2) is 26.3 Å². The molecule has 7 heteroatoms. The maximum atomic E-state index is 5.39. The Morgan fingerprint density at radius 1 is 1.35 bits per heavy atom. The molecule has 0 bridgehead atoms. The van der Waals surface area contributed by atoms with Crippen LogP contribution < -0.4 is 20.1 Å². The Bertz CT molecular complexity index is 483. The summed E-state index contributed by atoms with van der Waals surface area (Å²) in [4.78, 5) is 4.16. The molecule has 0 saturated carbocycles. The molecular formula is C13H19BrIN3O2. The van der Waals surface area contributed by atoms with Gasteiger partial charge < -0.3 is 20.1 Å². The van der Waals surface area contributed by atoms with E-state index in [1.807, 2.05) is 12.1 Å². The second kappa shape index (κ2) is 8.56. The molecule has 0 aliphatic carbocycles. The van der Waals surface area contributed by atoms with Gasteiger partial charge >= 0.3 is 0 Å². The lowest BCUT2D eigenvalue weighted by Gasteiger charge is -2.11. The highest BCUT2D eigenvalue weighted by atomic mass is 127. The Labute approximate surface area is 144 Å². The molecule has 0 unspecified atom stereocenters. The van der Waals surface area contributed by atoms with E-state index in [0.29, 0.717) is 6.54 Å². The van der Waals surface area contributed by atoms with Gasteiger partial charge in [-0.2, -0.15) is 0 Å². The summed E-state index contributed by atoms with van der Waals surface area (Å²) in [6.07, 6.45) is 1.07. The number of aliphatic imine (C=N–C) groups is 1. The number of halogens is 2. The smallest absolute Gasteiger partial charge is 0.231 e. The highest BCUT2D eigenvalue weighted by molar-refractivity contribution is 14.0. The minimum absolute atomic E-state index is 0. The van der Waals surface area contributed by atoms with Crippen LogP contribution in [0.15, 0.2) is 21.6 Å². The fraction of sp³-hybridized carbons (Fsp3) is 0.462. The molecule has 2 N–H and O–H groups in total. The second-order valence-electron chi connectivity index (χ2n) is 4.16. The average Bonchev–Trinajstić information content (AvgIpc) is 2.88. The number of hydrogen-bond acceptors (Lipinski definition) is 3. The summed E-state index contributed by atoms with van der Waals surface area (Å²) in [5.41, 5.74) is 1.11. The van der Waals surface area contributed by atoms with Crippen molar-refractivity contribution in [3.05, 3.63) is 22.2 Å². The van der Waals surface area contributed by atoms with Crippen LogP contribution in [0.25, 0.3) is 0 Å². The zero-order valence-electron chi connectivity index (χ0n) is 11.5. The zero-order valence-corrected chi connectivity index (χ0v) is 15.4. The highest BCUT2D eigenvalue weighted by Crippen LogP contribution is 2.39. The van der Waals surface area contributed by atoms with E-state index in [1.165, 1.54) is 0 Å². The third-order valence-corrected chi connectivity index (χ3v) is 3.30. The van der Waals surface area contributed by atoms with Gasteiger partial charge in [-0.1, -0.05) is 6.92 Å². The Kier molecular flexibility index (Phi) is 7.42. The van der Waals surface area contributed by atoms with Crippen molar-refractivity contribution < 1.29 is 9.47 Å². The number of nitrogens with one attached hydrogen (secondary N) is 2. The van der Waals surface area contributed by atoms with Crippen molar-refractivity contribution in [1.82, 2.24) is 10.6 Å². The molecule has 0 amide bonds. The van der Waals surface area contributed by atoms with Crippen molar-refractivity contribution in [3.8, 4) is 11.5 Å². The first-order chi connectivity index (χ1) is 9.24. The molecule has 1 heterocycles. The first-order valence-electron chi connectivity index (χ1n) is 6.27. The number of nitrogens with zero attached hydrogens (tertiary/aromatic N) is 1. The average molecular weight is 456 g/mol. The lowest BCUT2D eigenvalue weighted by atomic mass is 10.2. The van der Waals surface area contributed by atoms with Crippen LogP contribution in [0.5, 0.6) is 11.5 Å². The number of ether oxygens (including phenoxy) is 2. The van der Waals surface area contributed by atoms with Crippen molar-refractivity contribution in [3.63, 3.8) is 0 Å². The summed E-state index contributed by atoms with van der Waals surface area (Å²) >= 11 is 3.49. The lowest BCUT2D eigenvalue weighted by Crippen LogP contribution is -2.37. The lowest BCUT2D eigenvalue weighted by molar-refractivity contribution is 0.173. The first-order valence-corrected chi connectivity index (χ1v) is 7.06. The van der Waals surface area contributed by atoms with E-state index in [0.717, 1.165) is 40.5 Å². The molecule has 1 aliphatic rings. The number of hydrogen-bond donors (Lipinski definition) is 2. The zero-order chi connectivity index (χ0) is 13.7. The van der Waals surface area contributed by atoms with Crippen molar-refractivity contribution >= 4 is 45.9 Å². The molecule has 1 aromatic carbocycles. The molecule has 0 saturated heterocycles. The van der Waals surface area contributed by atoms with Crippen LogP contribution in [0.3, 0.4) is 0 Å². The van der Waals surface area contributed by atoms with Crippen LogP contribution in [0.4, 0.5) is 0 Å². The van der Waals surface area contributed by atoms with E-state index in [4.69, 9.17) is 9.47 Å². The molecule has 0 fully saturated rings. The third kappa shape index (κ3) is 4.41. The molecule has 5 nitrogen and oxygen atoms in total. The first kappa shape index (κ1) is 17.4. The van der Waals surface area contributed by atoms with Gasteiger partial charge in [0.1, 0.15) is 0 Å². The van der Waals surface area contributed by atoms with Gasteiger partial charge in [0.2, 0.25) is 6.79 Å². The van der Waals surface area contributed by atoms with Gasteiger partial charge in [-0.05, 0) is 40.0 Å². The number of rotatable bonds is 4. The summed E-state index contributed by atoms with van der Waals surface area (Å²) in [5.74, 6) is 2.36. The predicted molar refractivity (Wildman–Crippen MR) is 94.2 cm³/mol. The maximum absolute atomic E-state index is 5.39. The van der Waals surface area contributed by atoms with Crippen LogP contribution in [0.2, 0.25) is 0 Å². The molecule has 0 radical (unpaired) electrons. The quantitative estimate of drug-likeness (QED) is 0.416. The van der Waals surface area contributed by atoms with Gasteiger partial charge in [-0.3, -0.25) is 4.99 Å². The fourth-order valence-electron chi connectivity index (χ4n) is 1.77. The van der Waals surface area contributed by atoms with Crippen LogP contribution in [-0.2, 0) is 6.54 Å². The fourth-order valence-corrected chi connectivity index (χ4v) is 2.38. The Morgan fingerprint density at radius 2 is 2.15 bits per heavy atom. The highest BCUT2D eigenvalue weighted by Gasteiger charge is 2.17. The molecule has 112 valence electrons. The van der Waals surface area contributed by atoms with Crippen molar-refractivity contribution in [2.75, 3.05) is 20.4 Å². The number of fused-ring (bicyclic) bond motifs is 1. The van der Waals surface area contributed by atoms with Gasteiger partial charge in [0.25, 0.3) is 0 Å². The molecule has 0 spiro atoms. The molecule has 20 heavy (non-hydrogen) atoms. The topological polar surface area (TPSA) is 54.9 Å². The molecular weight excluding hydrogens is 437 g/mol. The summed E-state index contributed by atoms with van der Waals surface area (Å²) in [6, 6.07) is 4.00. The standard InChI is InChI=1S/C13H18BrN3O2.HI/c1-3-4-16-13(15-2)17-7-9-5-10(14)12-11(6-9)18-8-19-12;/h5-6H,3-4,7-8H2,1-2H3,(H2,15,16,17);1H. The Hall–Kier alpha value is -0.700. The maximum Gasteiger partial charge on any atom is 0.231 e. The minimum Gasteiger partial charge on any atom is -0.454 e.